The number of hydrogen-bond donors (Lipinski definition) is 2. The molecule has 0 saturated carbocycles. The van der Waals surface area contributed by atoms with Gasteiger partial charge in [-0.3, -0.25) is 9.88 Å². The molecule has 2 amide bonds. The Morgan fingerprint density at radius 3 is 2.52 bits per heavy atom. The zero-order valence-corrected chi connectivity index (χ0v) is 17.7. The van der Waals surface area contributed by atoms with Crippen LogP contribution in [0.1, 0.15) is 31.2 Å². The van der Waals surface area contributed by atoms with E-state index in [9.17, 15) is 18.0 Å². The SMILES string of the molecule is CN(C)C(=O)NC1CCOC2(CCN(Cc3cccnc3)CC2)C1.O=C(O)C(F)(F)F. The molecule has 1 spiro atoms. The van der Waals surface area contributed by atoms with Crippen LogP contribution in [-0.4, -0.2) is 83.5 Å². The van der Waals surface area contributed by atoms with Gasteiger partial charge in [0.15, 0.2) is 0 Å². The highest BCUT2D eigenvalue weighted by Gasteiger charge is 2.41. The lowest BCUT2D eigenvalue weighted by Crippen LogP contribution is -2.54. The summed E-state index contributed by atoms with van der Waals surface area (Å²) in [6, 6.07) is 4.33. The summed E-state index contributed by atoms with van der Waals surface area (Å²) in [7, 11) is 3.56. The first-order valence-corrected chi connectivity index (χ1v) is 10.0. The van der Waals surface area contributed by atoms with Crippen molar-refractivity contribution in [3.05, 3.63) is 30.1 Å². The minimum atomic E-state index is -5.08. The van der Waals surface area contributed by atoms with Gasteiger partial charge in [-0.25, -0.2) is 9.59 Å². The highest BCUT2D eigenvalue weighted by Crippen LogP contribution is 2.35. The van der Waals surface area contributed by atoms with Gasteiger partial charge in [-0.1, -0.05) is 6.07 Å². The third-order valence-corrected chi connectivity index (χ3v) is 5.37. The zero-order valence-electron chi connectivity index (χ0n) is 17.7. The van der Waals surface area contributed by atoms with E-state index in [1.165, 1.54) is 5.56 Å². The minimum Gasteiger partial charge on any atom is -0.475 e. The first-order chi connectivity index (χ1) is 14.5. The molecule has 11 heteroatoms. The number of halogens is 3. The monoisotopic (exact) mass is 446 g/mol. The van der Waals surface area contributed by atoms with Crippen molar-refractivity contribution in [2.45, 2.75) is 50.0 Å². The van der Waals surface area contributed by atoms with E-state index in [1.807, 2.05) is 18.5 Å². The summed E-state index contributed by atoms with van der Waals surface area (Å²) in [4.78, 5) is 29.0. The van der Waals surface area contributed by atoms with Crippen molar-refractivity contribution in [3.63, 3.8) is 0 Å². The van der Waals surface area contributed by atoms with E-state index in [0.29, 0.717) is 0 Å². The molecule has 31 heavy (non-hydrogen) atoms. The number of rotatable bonds is 3. The standard InChI is InChI=1S/C18H28N4O2.C2HF3O2/c1-21(2)17(23)20-16-5-11-24-18(12-16)6-9-22(10-7-18)14-15-4-3-8-19-13-15;3-2(4,5)1(6)7/h3-4,8,13,16H,5-7,9-12,14H2,1-2H3,(H,20,23);(H,6,7). The summed E-state index contributed by atoms with van der Waals surface area (Å²) >= 11 is 0. The van der Waals surface area contributed by atoms with Crippen molar-refractivity contribution in [1.29, 1.82) is 0 Å². The Kier molecular flexibility index (Phi) is 8.63. The largest absolute Gasteiger partial charge is 0.490 e. The molecular formula is C20H29F3N4O4. The van der Waals surface area contributed by atoms with Crippen molar-refractivity contribution in [2.75, 3.05) is 33.8 Å². The van der Waals surface area contributed by atoms with Gasteiger partial charge in [0.25, 0.3) is 0 Å². The first-order valence-electron chi connectivity index (χ1n) is 10.0. The first kappa shape index (κ1) is 24.9. The molecule has 3 rings (SSSR count). The third-order valence-electron chi connectivity index (χ3n) is 5.37. The predicted octanol–water partition coefficient (Wildman–Crippen LogP) is 2.50. The highest BCUT2D eigenvalue weighted by molar-refractivity contribution is 5.74. The van der Waals surface area contributed by atoms with Crippen LogP contribution in [0.3, 0.4) is 0 Å². The molecule has 0 aliphatic carbocycles. The highest BCUT2D eigenvalue weighted by atomic mass is 19.4. The molecule has 0 radical (unpaired) electrons. The Balaban J connectivity index is 0.000000423. The summed E-state index contributed by atoms with van der Waals surface area (Å²) < 4.78 is 37.9. The second-order valence-electron chi connectivity index (χ2n) is 8.01. The number of alkyl halides is 3. The van der Waals surface area contributed by atoms with E-state index in [4.69, 9.17) is 14.6 Å². The fourth-order valence-corrected chi connectivity index (χ4v) is 3.67. The maximum atomic E-state index is 11.9. The number of hydrogen-bond acceptors (Lipinski definition) is 5. The van der Waals surface area contributed by atoms with Crippen LogP contribution in [0.5, 0.6) is 0 Å². The Labute approximate surface area is 179 Å². The molecule has 8 nitrogen and oxygen atoms in total. The maximum Gasteiger partial charge on any atom is 0.490 e. The van der Waals surface area contributed by atoms with Gasteiger partial charge >= 0.3 is 18.2 Å². The third kappa shape index (κ3) is 7.98. The van der Waals surface area contributed by atoms with Crippen molar-refractivity contribution in [2.24, 2.45) is 0 Å². The molecule has 1 unspecified atom stereocenters. The van der Waals surface area contributed by atoms with Gasteiger partial charge in [-0.05, 0) is 37.3 Å². The van der Waals surface area contributed by atoms with Gasteiger partial charge < -0.3 is 20.1 Å². The number of carbonyl (C=O) groups is 2. The Morgan fingerprint density at radius 2 is 2.00 bits per heavy atom. The number of aliphatic carboxylic acids is 1. The van der Waals surface area contributed by atoms with Crippen molar-refractivity contribution >= 4 is 12.0 Å². The number of pyridine rings is 1. The summed E-state index contributed by atoms with van der Waals surface area (Å²) in [6.07, 6.45) is 2.55. The average Bonchev–Trinajstić information content (AvgIpc) is 2.70. The molecule has 0 bridgehead atoms. The molecule has 174 valence electrons. The maximum absolute atomic E-state index is 11.9. The Morgan fingerprint density at radius 1 is 1.35 bits per heavy atom. The van der Waals surface area contributed by atoms with Crippen molar-refractivity contribution in [3.8, 4) is 0 Å². The molecule has 1 aromatic rings. The molecule has 0 aromatic carbocycles. The number of likely N-dealkylation sites (tertiary alicyclic amines) is 1. The van der Waals surface area contributed by atoms with Crippen LogP contribution in [0, 0.1) is 0 Å². The summed E-state index contributed by atoms with van der Waals surface area (Å²) in [5.41, 5.74) is 1.20. The second kappa shape index (κ2) is 10.8. The molecule has 2 aliphatic rings. The number of piperidine rings is 1. The average molecular weight is 446 g/mol. The molecule has 2 fully saturated rings. The Hall–Kier alpha value is -2.40. The van der Waals surface area contributed by atoms with E-state index in [1.54, 1.807) is 19.0 Å². The van der Waals surface area contributed by atoms with Crippen LogP contribution in [-0.2, 0) is 16.1 Å². The van der Waals surface area contributed by atoms with E-state index in [-0.39, 0.29) is 17.7 Å². The summed E-state index contributed by atoms with van der Waals surface area (Å²) in [5, 5.41) is 10.3. The van der Waals surface area contributed by atoms with Crippen LogP contribution in [0.4, 0.5) is 18.0 Å². The van der Waals surface area contributed by atoms with Crippen molar-refractivity contribution < 1.29 is 32.6 Å². The van der Waals surface area contributed by atoms with Crippen LogP contribution >= 0.6 is 0 Å². The second-order valence-corrected chi connectivity index (χ2v) is 8.01. The fraction of sp³-hybridized carbons (Fsp3) is 0.650. The normalized spacial score (nSPS) is 21.0. The Bertz CT molecular complexity index is 723. The molecule has 2 aliphatic heterocycles. The number of nitrogens with zero attached hydrogens (tertiary/aromatic N) is 3. The van der Waals surface area contributed by atoms with Gasteiger partial charge in [0.1, 0.15) is 0 Å². The van der Waals surface area contributed by atoms with Crippen LogP contribution < -0.4 is 5.32 Å². The van der Waals surface area contributed by atoms with E-state index in [2.05, 4.69) is 21.3 Å². The predicted molar refractivity (Wildman–Crippen MR) is 106 cm³/mol. The lowest BCUT2D eigenvalue weighted by Gasteiger charge is -2.46. The van der Waals surface area contributed by atoms with E-state index in [0.717, 1.165) is 51.9 Å². The van der Waals surface area contributed by atoms with Gasteiger partial charge in [0.05, 0.1) is 5.60 Å². The number of ether oxygens (including phenoxy) is 1. The van der Waals surface area contributed by atoms with Crippen LogP contribution in [0.15, 0.2) is 24.5 Å². The molecule has 3 heterocycles. The zero-order chi connectivity index (χ0) is 23.1. The van der Waals surface area contributed by atoms with Crippen LogP contribution in [0.2, 0.25) is 0 Å². The molecule has 1 atom stereocenters. The fourth-order valence-electron chi connectivity index (χ4n) is 3.67. The topological polar surface area (TPSA) is 95.0 Å². The lowest BCUT2D eigenvalue weighted by atomic mass is 9.82. The van der Waals surface area contributed by atoms with Gasteiger partial charge in [-0.15, -0.1) is 0 Å². The number of carboxylic acid groups (broad SMARTS) is 1. The molecule has 1 aromatic heterocycles. The van der Waals surface area contributed by atoms with Gasteiger partial charge in [0.2, 0.25) is 0 Å². The number of amides is 2. The van der Waals surface area contributed by atoms with Crippen molar-refractivity contribution in [1.82, 2.24) is 20.1 Å². The number of urea groups is 1. The number of carboxylic acids is 1. The quantitative estimate of drug-likeness (QED) is 0.741. The number of aromatic nitrogens is 1. The summed E-state index contributed by atoms with van der Waals surface area (Å²) in [6.45, 7) is 3.75. The molecular weight excluding hydrogens is 417 g/mol. The number of carbonyl (C=O) groups excluding carboxylic acids is 1. The summed E-state index contributed by atoms with van der Waals surface area (Å²) in [5.74, 6) is -2.76. The van der Waals surface area contributed by atoms with E-state index < -0.39 is 12.1 Å². The van der Waals surface area contributed by atoms with Crippen LogP contribution in [0.25, 0.3) is 0 Å². The minimum absolute atomic E-state index is 0.00827. The molecule has 2 N–H and O–H groups in total. The van der Waals surface area contributed by atoms with Gasteiger partial charge in [0, 0.05) is 58.8 Å². The smallest absolute Gasteiger partial charge is 0.475 e. The van der Waals surface area contributed by atoms with E-state index >= 15 is 0 Å². The molecule has 2 saturated heterocycles. The number of nitrogens with one attached hydrogen (secondary N) is 1. The lowest BCUT2D eigenvalue weighted by molar-refractivity contribution is -0.192. The van der Waals surface area contributed by atoms with Gasteiger partial charge in [-0.2, -0.15) is 13.2 Å².